The molecule has 31 heavy (non-hydrogen) atoms. The van der Waals surface area contributed by atoms with Crippen LogP contribution in [0.3, 0.4) is 0 Å². The molecule has 0 radical (unpaired) electrons. The number of hydrogen-bond acceptors (Lipinski definition) is 6. The number of benzene rings is 1. The van der Waals surface area contributed by atoms with Crippen molar-refractivity contribution in [2.75, 3.05) is 39.3 Å². The molecule has 0 bridgehead atoms. The number of hydrogen-bond donors (Lipinski definition) is 1. The number of carbonyl (C=O) groups excluding carboxylic acids is 2. The Balaban J connectivity index is 1.39. The normalized spacial score (nSPS) is 18.2. The number of phenols is 1. The van der Waals surface area contributed by atoms with Crippen molar-refractivity contribution in [3.8, 4) is 5.75 Å². The van der Waals surface area contributed by atoms with Gasteiger partial charge in [0, 0.05) is 39.3 Å². The summed E-state index contributed by atoms with van der Waals surface area (Å²) in [4.78, 5) is 28.5. The van der Waals surface area contributed by atoms with Gasteiger partial charge in [0.2, 0.25) is 5.09 Å². The van der Waals surface area contributed by atoms with E-state index in [-0.39, 0.29) is 41.2 Å². The van der Waals surface area contributed by atoms with E-state index in [1.165, 1.54) is 27.4 Å². The molecule has 0 saturated carbocycles. The third-order valence-corrected chi connectivity index (χ3v) is 7.46. The third kappa shape index (κ3) is 4.31. The van der Waals surface area contributed by atoms with E-state index in [9.17, 15) is 23.1 Å². The lowest BCUT2D eigenvalue weighted by atomic mass is 10.1. The minimum absolute atomic E-state index is 0.0314. The average molecular weight is 448 g/mol. The molecule has 2 saturated heterocycles. The van der Waals surface area contributed by atoms with Crippen molar-refractivity contribution in [1.29, 1.82) is 0 Å². The van der Waals surface area contributed by atoms with E-state index in [0.29, 0.717) is 26.2 Å². The zero-order valence-corrected chi connectivity index (χ0v) is 17.9. The summed E-state index contributed by atoms with van der Waals surface area (Å²) in [6.07, 6.45) is 2.64. The van der Waals surface area contributed by atoms with Gasteiger partial charge in [-0.15, -0.1) is 0 Å². The maximum absolute atomic E-state index is 12.8. The number of aromatic hydroxyl groups is 1. The van der Waals surface area contributed by atoms with E-state index in [0.717, 1.165) is 19.3 Å². The van der Waals surface area contributed by atoms with Gasteiger partial charge in [-0.25, -0.2) is 8.42 Å². The highest BCUT2D eigenvalue weighted by molar-refractivity contribution is 7.89. The van der Waals surface area contributed by atoms with E-state index in [2.05, 4.69) is 0 Å². The third-order valence-electron chi connectivity index (χ3n) is 5.69. The van der Waals surface area contributed by atoms with Crippen LogP contribution in [0.25, 0.3) is 0 Å². The lowest BCUT2D eigenvalue weighted by molar-refractivity contribution is 0.0513. The highest BCUT2D eigenvalue weighted by atomic mass is 32.2. The molecule has 0 unspecified atom stereocenters. The Morgan fingerprint density at radius 2 is 1.42 bits per heavy atom. The minimum atomic E-state index is -3.74. The Morgan fingerprint density at radius 3 is 2.06 bits per heavy atom. The van der Waals surface area contributed by atoms with Crippen LogP contribution >= 0.6 is 0 Å². The maximum atomic E-state index is 12.8. The summed E-state index contributed by atoms with van der Waals surface area (Å²) in [5, 5.41) is 9.67. The van der Waals surface area contributed by atoms with Gasteiger partial charge in [-0.1, -0.05) is 18.6 Å². The summed E-state index contributed by atoms with van der Waals surface area (Å²) >= 11 is 0. The van der Waals surface area contributed by atoms with Crippen molar-refractivity contribution in [3.63, 3.8) is 0 Å². The van der Waals surface area contributed by atoms with E-state index in [4.69, 9.17) is 4.42 Å². The number of nitrogens with zero attached hydrogens (tertiary/aromatic N) is 3. The molecule has 2 fully saturated rings. The number of amides is 2. The predicted octanol–water partition coefficient (Wildman–Crippen LogP) is 1.76. The molecule has 0 atom stereocenters. The topological polar surface area (TPSA) is 111 Å². The standard InChI is InChI=1S/C21H25N3O6S/c25-17-7-3-2-6-16(17)20(26)22-12-14-23(15-13-22)21(27)18-8-9-19(30-18)31(28,29)24-10-4-1-5-11-24/h2-3,6-9,25H,1,4-5,10-15H2. The van der Waals surface area contributed by atoms with E-state index >= 15 is 0 Å². The largest absolute Gasteiger partial charge is 0.507 e. The maximum Gasteiger partial charge on any atom is 0.289 e. The van der Waals surface area contributed by atoms with Crippen LogP contribution in [0.15, 0.2) is 45.9 Å². The first kappa shape index (κ1) is 21.4. The van der Waals surface area contributed by atoms with Gasteiger partial charge in [-0.05, 0) is 37.1 Å². The second-order valence-corrected chi connectivity index (χ2v) is 9.55. The molecule has 0 aliphatic carbocycles. The van der Waals surface area contributed by atoms with Crippen LogP contribution in [0, 0.1) is 0 Å². The van der Waals surface area contributed by atoms with E-state index in [1.807, 2.05) is 0 Å². The van der Waals surface area contributed by atoms with Gasteiger partial charge in [0.25, 0.3) is 21.8 Å². The molecule has 1 aromatic carbocycles. The fourth-order valence-electron chi connectivity index (χ4n) is 3.90. The first-order chi connectivity index (χ1) is 14.9. The lowest BCUT2D eigenvalue weighted by Crippen LogP contribution is -2.50. The average Bonchev–Trinajstić information content (AvgIpc) is 3.30. The van der Waals surface area contributed by atoms with Gasteiger partial charge in [0.1, 0.15) is 5.75 Å². The summed E-state index contributed by atoms with van der Waals surface area (Å²) < 4.78 is 32.3. The number of rotatable bonds is 4. The first-order valence-corrected chi connectivity index (χ1v) is 11.8. The van der Waals surface area contributed by atoms with Crippen molar-refractivity contribution in [2.24, 2.45) is 0 Å². The number of carbonyl (C=O) groups is 2. The minimum Gasteiger partial charge on any atom is -0.507 e. The SMILES string of the molecule is O=C(c1ccc(S(=O)(=O)N2CCCCC2)o1)N1CCN(C(=O)c2ccccc2O)CC1. The summed E-state index contributed by atoms with van der Waals surface area (Å²) in [6, 6.07) is 9.06. The van der Waals surface area contributed by atoms with Gasteiger partial charge in [0.05, 0.1) is 5.56 Å². The predicted molar refractivity (Wildman–Crippen MR) is 111 cm³/mol. The number of furan rings is 1. The Kier molecular flexibility index (Phi) is 6.01. The molecule has 4 rings (SSSR count). The van der Waals surface area contributed by atoms with Crippen molar-refractivity contribution in [2.45, 2.75) is 24.4 Å². The number of piperazine rings is 1. The monoisotopic (exact) mass is 447 g/mol. The number of phenolic OH excluding ortho intramolecular Hbond substituents is 1. The highest BCUT2D eigenvalue weighted by Crippen LogP contribution is 2.24. The summed E-state index contributed by atoms with van der Waals surface area (Å²) in [5.74, 6) is -0.812. The molecule has 1 N–H and O–H groups in total. The molecule has 9 nitrogen and oxygen atoms in total. The second kappa shape index (κ2) is 8.72. The van der Waals surface area contributed by atoms with Crippen molar-refractivity contribution in [1.82, 2.24) is 14.1 Å². The van der Waals surface area contributed by atoms with Crippen LogP contribution in [0.5, 0.6) is 5.75 Å². The molecule has 2 amide bonds. The van der Waals surface area contributed by atoms with Gasteiger partial charge < -0.3 is 19.3 Å². The summed E-state index contributed by atoms with van der Waals surface area (Å²) in [7, 11) is -3.74. The molecule has 3 heterocycles. The van der Waals surface area contributed by atoms with Crippen LogP contribution in [0.4, 0.5) is 0 Å². The molecule has 1 aromatic heterocycles. The van der Waals surface area contributed by atoms with Gasteiger partial charge in [-0.2, -0.15) is 4.31 Å². The molecular formula is C21H25N3O6S. The molecule has 2 aromatic rings. The number of piperidine rings is 1. The Hall–Kier alpha value is -2.85. The molecular weight excluding hydrogens is 422 g/mol. The number of para-hydroxylation sites is 1. The smallest absolute Gasteiger partial charge is 0.289 e. The van der Waals surface area contributed by atoms with Crippen LogP contribution in [-0.4, -0.2) is 78.7 Å². The lowest BCUT2D eigenvalue weighted by Gasteiger charge is -2.34. The van der Waals surface area contributed by atoms with E-state index < -0.39 is 15.9 Å². The molecule has 166 valence electrons. The molecule has 0 spiro atoms. The van der Waals surface area contributed by atoms with Crippen LogP contribution in [0.2, 0.25) is 0 Å². The first-order valence-electron chi connectivity index (χ1n) is 10.3. The Morgan fingerprint density at radius 1 is 0.806 bits per heavy atom. The fourth-order valence-corrected chi connectivity index (χ4v) is 5.33. The number of sulfonamides is 1. The van der Waals surface area contributed by atoms with Crippen LogP contribution in [-0.2, 0) is 10.0 Å². The van der Waals surface area contributed by atoms with E-state index in [1.54, 1.807) is 23.1 Å². The highest BCUT2D eigenvalue weighted by Gasteiger charge is 2.32. The van der Waals surface area contributed by atoms with Crippen molar-refractivity contribution in [3.05, 3.63) is 47.7 Å². The Bertz CT molecular complexity index is 1070. The van der Waals surface area contributed by atoms with Gasteiger partial charge in [0.15, 0.2) is 5.76 Å². The molecule has 10 heteroatoms. The molecule has 2 aliphatic rings. The summed E-state index contributed by atoms with van der Waals surface area (Å²) in [5.41, 5.74) is 0.223. The summed E-state index contributed by atoms with van der Waals surface area (Å²) in [6.45, 7) is 2.09. The quantitative estimate of drug-likeness (QED) is 0.765. The van der Waals surface area contributed by atoms with Crippen LogP contribution in [0.1, 0.15) is 40.2 Å². The zero-order chi connectivity index (χ0) is 22.0. The van der Waals surface area contributed by atoms with Gasteiger partial charge >= 0.3 is 0 Å². The molecule has 2 aliphatic heterocycles. The Labute approximate surface area is 180 Å². The second-order valence-electron chi connectivity index (χ2n) is 7.68. The van der Waals surface area contributed by atoms with Gasteiger partial charge in [-0.3, -0.25) is 9.59 Å². The van der Waals surface area contributed by atoms with Crippen molar-refractivity contribution < 1.29 is 27.5 Å². The van der Waals surface area contributed by atoms with Crippen molar-refractivity contribution >= 4 is 21.8 Å². The zero-order valence-electron chi connectivity index (χ0n) is 17.1. The fraction of sp³-hybridized carbons (Fsp3) is 0.429. The van der Waals surface area contributed by atoms with Crippen LogP contribution < -0.4 is 0 Å².